The Hall–Kier alpha value is -0.500. The van der Waals surface area contributed by atoms with Crippen LogP contribution in [-0.4, -0.2) is 18.0 Å². The van der Waals surface area contributed by atoms with E-state index in [1.54, 1.807) is 5.57 Å². The van der Waals surface area contributed by atoms with E-state index in [2.05, 4.69) is 40.7 Å². The first-order valence-electron chi connectivity index (χ1n) is 13.6. The van der Waals surface area contributed by atoms with Crippen molar-refractivity contribution in [3.8, 4) is 0 Å². The Morgan fingerprint density at radius 2 is 1.88 bits per heavy atom. The van der Waals surface area contributed by atoms with Gasteiger partial charge in [0, 0.05) is 6.42 Å². The molecule has 32 heavy (non-hydrogen) atoms. The van der Waals surface area contributed by atoms with Gasteiger partial charge in [0.05, 0.1) is 0 Å². The summed E-state index contributed by atoms with van der Waals surface area (Å²) in [6.07, 6.45) is 16.9. The third kappa shape index (κ3) is 4.44. The first kappa shape index (κ1) is 24.6. The lowest BCUT2D eigenvalue weighted by Gasteiger charge is -2.58. The molecule has 0 aromatic rings. The van der Waals surface area contributed by atoms with Gasteiger partial charge in [-0.3, -0.25) is 4.79 Å². The first-order valence-corrected chi connectivity index (χ1v) is 14.2. The molecule has 2 nitrogen and oxygen atoms in total. The summed E-state index contributed by atoms with van der Waals surface area (Å²) in [4.78, 5) is 11.7. The van der Waals surface area contributed by atoms with Crippen molar-refractivity contribution in [1.29, 1.82) is 0 Å². The molecule has 182 valence electrons. The van der Waals surface area contributed by atoms with Crippen LogP contribution in [0.2, 0.25) is 0 Å². The molecule has 0 bridgehead atoms. The summed E-state index contributed by atoms with van der Waals surface area (Å²) >= 11 is 5.68. The number of ether oxygens (including phenoxy) is 1. The number of carbonyl (C=O) groups is 1. The van der Waals surface area contributed by atoms with E-state index in [1.165, 1.54) is 57.8 Å². The standard InChI is InChI=1S/C29H47ClO2/c1-19(2)7-6-8-20(3)24-11-12-25-23-10-9-21-17-22(32-27(31)18-30)13-15-28(21,4)26(23)14-16-29(24,25)5/h9,19-20,22-26H,6-8,10-18H2,1-5H3/t20-,22-,23-,24-,25+,26+,28-,29+/m0/s1. The Morgan fingerprint density at radius 3 is 2.59 bits per heavy atom. The topological polar surface area (TPSA) is 26.3 Å². The van der Waals surface area contributed by atoms with Crippen LogP contribution in [0.3, 0.4) is 0 Å². The van der Waals surface area contributed by atoms with Crippen molar-refractivity contribution >= 4 is 17.6 Å². The maximum Gasteiger partial charge on any atom is 0.321 e. The highest BCUT2D eigenvalue weighted by atomic mass is 35.5. The molecule has 3 fully saturated rings. The number of hydrogen-bond acceptors (Lipinski definition) is 2. The van der Waals surface area contributed by atoms with E-state index >= 15 is 0 Å². The molecule has 0 N–H and O–H groups in total. The largest absolute Gasteiger partial charge is 0.461 e. The highest BCUT2D eigenvalue weighted by Crippen LogP contribution is 2.67. The molecular weight excluding hydrogens is 416 g/mol. The Kier molecular flexibility index (Phi) is 7.41. The van der Waals surface area contributed by atoms with E-state index in [4.69, 9.17) is 16.3 Å². The van der Waals surface area contributed by atoms with Gasteiger partial charge in [0.2, 0.25) is 0 Å². The molecule has 0 aromatic carbocycles. The maximum atomic E-state index is 11.7. The van der Waals surface area contributed by atoms with Gasteiger partial charge in [-0.2, -0.15) is 0 Å². The number of allylic oxidation sites excluding steroid dienone is 1. The van der Waals surface area contributed by atoms with Crippen LogP contribution in [0.5, 0.6) is 0 Å². The number of hydrogen-bond donors (Lipinski definition) is 0. The van der Waals surface area contributed by atoms with Gasteiger partial charge >= 0.3 is 5.97 Å². The van der Waals surface area contributed by atoms with Crippen LogP contribution in [0.25, 0.3) is 0 Å². The van der Waals surface area contributed by atoms with Crippen molar-refractivity contribution in [2.24, 2.45) is 46.3 Å². The minimum Gasteiger partial charge on any atom is -0.461 e. The molecule has 4 aliphatic carbocycles. The summed E-state index contributed by atoms with van der Waals surface area (Å²) in [5.41, 5.74) is 2.44. The third-order valence-electron chi connectivity index (χ3n) is 10.7. The Balaban J connectivity index is 1.45. The number of esters is 1. The molecule has 0 amide bonds. The first-order chi connectivity index (χ1) is 15.2. The second kappa shape index (κ2) is 9.63. The molecule has 0 heterocycles. The minimum absolute atomic E-state index is 0.0329. The zero-order valence-corrected chi connectivity index (χ0v) is 22.1. The van der Waals surface area contributed by atoms with Crippen molar-refractivity contribution in [3.63, 3.8) is 0 Å². The SMILES string of the molecule is CC(C)CCC[C@H](C)[C@@H]1CC[C@@H]2[C@@H]3CC=C4C[C@@H](OC(=O)CCl)CC[C@]4(C)[C@@H]3CC[C@@]21C. The normalized spacial score (nSPS) is 42.0. The van der Waals surface area contributed by atoms with Crippen molar-refractivity contribution in [2.75, 3.05) is 5.88 Å². The van der Waals surface area contributed by atoms with Gasteiger partial charge < -0.3 is 4.74 Å². The van der Waals surface area contributed by atoms with Gasteiger partial charge in [-0.15, -0.1) is 11.6 Å². The molecule has 0 aromatic heterocycles. The van der Waals surface area contributed by atoms with E-state index in [0.717, 1.165) is 48.3 Å². The van der Waals surface area contributed by atoms with Crippen LogP contribution < -0.4 is 0 Å². The van der Waals surface area contributed by atoms with Crippen LogP contribution >= 0.6 is 11.6 Å². The Bertz CT molecular complexity index is 714. The van der Waals surface area contributed by atoms with Gasteiger partial charge in [0.15, 0.2) is 0 Å². The van der Waals surface area contributed by atoms with E-state index in [9.17, 15) is 4.79 Å². The number of alkyl halides is 1. The second-order valence-electron chi connectivity index (χ2n) is 12.8. The van der Waals surface area contributed by atoms with Crippen LogP contribution in [0.4, 0.5) is 0 Å². The average Bonchev–Trinajstić information content (AvgIpc) is 3.11. The van der Waals surface area contributed by atoms with Crippen LogP contribution in [0.1, 0.15) is 105 Å². The summed E-state index contributed by atoms with van der Waals surface area (Å²) in [6, 6.07) is 0. The van der Waals surface area contributed by atoms with E-state index in [0.29, 0.717) is 10.8 Å². The highest BCUT2D eigenvalue weighted by Gasteiger charge is 2.59. The fraction of sp³-hybridized carbons (Fsp3) is 0.897. The molecular formula is C29H47ClO2. The number of rotatable bonds is 7. The maximum absolute atomic E-state index is 11.7. The fourth-order valence-corrected chi connectivity index (χ4v) is 9.03. The molecule has 0 radical (unpaired) electrons. The lowest BCUT2D eigenvalue weighted by molar-refractivity contribution is -0.148. The molecule has 8 atom stereocenters. The summed E-state index contributed by atoms with van der Waals surface area (Å²) in [6.45, 7) is 12.5. The smallest absolute Gasteiger partial charge is 0.321 e. The Morgan fingerprint density at radius 1 is 1.09 bits per heavy atom. The lowest BCUT2D eigenvalue weighted by Crippen LogP contribution is -2.51. The molecule has 0 unspecified atom stereocenters. The van der Waals surface area contributed by atoms with Gasteiger partial charge in [0.1, 0.15) is 12.0 Å². The summed E-state index contributed by atoms with van der Waals surface area (Å²) in [5.74, 6) is 4.92. The molecule has 0 spiro atoms. The van der Waals surface area contributed by atoms with Crippen molar-refractivity contribution < 1.29 is 9.53 Å². The molecule has 0 aliphatic heterocycles. The van der Waals surface area contributed by atoms with E-state index < -0.39 is 0 Å². The summed E-state index contributed by atoms with van der Waals surface area (Å²) in [7, 11) is 0. The second-order valence-corrected chi connectivity index (χ2v) is 13.0. The highest BCUT2D eigenvalue weighted by molar-refractivity contribution is 6.26. The molecule has 4 aliphatic rings. The van der Waals surface area contributed by atoms with E-state index in [-0.39, 0.29) is 18.0 Å². The quantitative estimate of drug-likeness (QED) is 0.216. The predicted octanol–water partition coefficient (Wildman–Crippen LogP) is 8.18. The van der Waals surface area contributed by atoms with Gasteiger partial charge in [0.25, 0.3) is 0 Å². The van der Waals surface area contributed by atoms with E-state index in [1.807, 2.05) is 0 Å². The lowest BCUT2D eigenvalue weighted by atomic mass is 9.47. The minimum atomic E-state index is -0.262. The molecule has 0 saturated heterocycles. The van der Waals surface area contributed by atoms with Crippen LogP contribution in [0.15, 0.2) is 11.6 Å². The van der Waals surface area contributed by atoms with Crippen molar-refractivity contribution in [2.45, 2.75) is 111 Å². The van der Waals surface area contributed by atoms with Crippen LogP contribution in [0, 0.1) is 46.3 Å². The number of halogens is 1. The molecule has 4 rings (SSSR count). The predicted molar refractivity (Wildman–Crippen MR) is 134 cm³/mol. The van der Waals surface area contributed by atoms with Crippen molar-refractivity contribution in [3.05, 3.63) is 11.6 Å². The number of fused-ring (bicyclic) bond motifs is 5. The van der Waals surface area contributed by atoms with Gasteiger partial charge in [-0.05, 0) is 91.3 Å². The monoisotopic (exact) mass is 462 g/mol. The summed E-state index contributed by atoms with van der Waals surface area (Å²) < 4.78 is 5.63. The number of carbonyl (C=O) groups excluding carboxylic acids is 1. The summed E-state index contributed by atoms with van der Waals surface area (Å²) in [5, 5.41) is 0. The zero-order valence-electron chi connectivity index (χ0n) is 21.3. The zero-order chi connectivity index (χ0) is 23.1. The Labute approximate surface area is 202 Å². The van der Waals surface area contributed by atoms with Gasteiger partial charge in [-0.25, -0.2) is 0 Å². The van der Waals surface area contributed by atoms with Crippen LogP contribution in [-0.2, 0) is 9.53 Å². The molecule has 3 heteroatoms. The fourth-order valence-electron chi connectivity index (χ4n) is 8.97. The molecule has 3 saturated carbocycles. The van der Waals surface area contributed by atoms with Crippen molar-refractivity contribution in [1.82, 2.24) is 0 Å². The van der Waals surface area contributed by atoms with Gasteiger partial charge in [-0.1, -0.05) is 65.5 Å². The average molecular weight is 463 g/mol. The third-order valence-corrected chi connectivity index (χ3v) is 10.9.